The molecule has 0 amide bonds. The average molecular weight is 352 g/mol. The number of hydrogen-bond acceptors (Lipinski definition) is 4. The molecular formula is C22H28N2O2. The molecule has 2 aliphatic rings. The topological polar surface area (TPSA) is 35.9 Å². The van der Waals surface area contributed by atoms with E-state index in [-0.39, 0.29) is 6.10 Å². The fourth-order valence-electron chi connectivity index (χ4n) is 3.84. The standard InChI is InChI=1S/C22H28N2O2/c1-3-22(25)15-23(16-22)12-18-9-10-20(11-17(18)2)26-21-13-24(14-21)19-7-5-4-6-8-19/h4-11,21,25H,3,12-16H2,1-2H3. The normalized spacial score (nSPS) is 19.7. The summed E-state index contributed by atoms with van der Waals surface area (Å²) in [5, 5.41) is 10.2. The zero-order chi connectivity index (χ0) is 18.1. The number of para-hydroxylation sites is 1. The summed E-state index contributed by atoms with van der Waals surface area (Å²) in [6, 6.07) is 16.9. The molecule has 4 nitrogen and oxygen atoms in total. The number of β-amino-alcohol motifs (C(OH)–C–C–N with tert-alkyl or cyclic N) is 1. The minimum atomic E-state index is -0.466. The van der Waals surface area contributed by atoms with E-state index < -0.39 is 5.60 Å². The molecule has 0 aromatic heterocycles. The molecule has 2 aliphatic heterocycles. The van der Waals surface area contributed by atoms with E-state index in [1.807, 2.05) is 13.0 Å². The van der Waals surface area contributed by atoms with Crippen molar-refractivity contribution in [1.29, 1.82) is 0 Å². The van der Waals surface area contributed by atoms with Gasteiger partial charge in [0.15, 0.2) is 0 Å². The number of nitrogens with zero attached hydrogens (tertiary/aromatic N) is 2. The average Bonchev–Trinajstić information content (AvgIpc) is 2.59. The molecule has 0 unspecified atom stereocenters. The molecular weight excluding hydrogens is 324 g/mol. The van der Waals surface area contributed by atoms with Crippen LogP contribution in [0.5, 0.6) is 5.75 Å². The van der Waals surface area contributed by atoms with Crippen molar-refractivity contribution in [3.8, 4) is 5.75 Å². The van der Waals surface area contributed by atoms with Gasteiger partial charge in [0.1, 0.15) is 11.9 Å². The summed E-state index contributed by atoms with van der Waals surface area (Å²) in [5.41, 5.74) is 3.37. The van der Waals surface area contributed by atoms with Gasteiger partial charge in [0.2, 0.25) is 0 Å². The van der Waals surface area contributed by atoms with Gasteiger partial charge in [-0.15, -0.1) is 0 Å². The molecule has 0 aliphatic carbocycles. The molecule has 1 N–H and O–H groups in total. The molecule has 2 fully saturated rings. The highest BCUT2D eigenvalue weighted by molar-refractivity contribution is 5.49. The Kier molecular flexibility index (Phi) is 4.63. The van der Waals surface area contributed by atoms with Gasteiger partial charge in [-0.3, -0.25) is 4.90 Å². The highest BCUT2D eigenvalue weighted by atomic mass is 16.5. The Bertz CT molecular complexity index is 750. The first-order chi connectivity index (χ1) is 12.5. The SMILES string of the molecule is CCC1(O)CN(Cc2ccc(OC3CN(c4ccccc4)C3)cc2C)C1. The van der Waals surface area contributed by atoms with Crippen molar-refractivity contribution in [3.63, 3.8) is 0 Å². The van der Waals surface area contributed by atoms with Crippen LogP contribution in [0.3, 0.4) is 0 Å². The van der Waals surface area contributed by atoms with Crippen LogP contribution >= 0.6 is 0 Å². The Hall–Kier alpha value is -2.04. The second-order valence-electron chi connectivity index (χ2n) is 7.79. The zero-order valence-corrected chi connectivity index (χ0v) is 15.7. The fourth-order valence-corrected chi connectivity index (χ4v) is 3.84. The van der Waals surface area contributed by atoms with Gasteiger partial charge in [0.05, 0.1) is 18.7 Å². The van der Waals surface area contributed by atoms with Gasteiger partial charge in [-0.25, -0.2) is 0 Å². The van der Waals surface area contributed by atoms with E-state index in [9.17, 15) is 5.11 Å². The van der Waals surface area contributed by atoms with E-state index in [0.717, 1.165) is 44.9 Å². The molecule has 2 saturated heterocycles. The van der Waals surface area contributed by atoms with Crippen molar-refractivity contribution in [2.45, 2.75) is 38.5 Å². The predicted octanol–water partition coefficient (Wildman–Crippen LogP) is 3.22. The highest BCUT2D eigenvalue weighted by Gasteiger charge is 2.39. The molecule has 0 saturated carbocycles. The zero-order valence-electron chi connectivity index (χ0n) is 15.7. The first-order valence-electron chi connectivity index (χ1n) is 9.55. The molecule has 0 atom stereocenters. The predicted molar refractivity (Wildman–Crippen MR) is 105 cm³/mol. The molecule has 2 aromatic carbocycles. The molecule has 0 bridgehead atoms. The number of ether oxygens (including phenoxy) is 1. The lowest BCUT2D eigenvalue weighted by atomic mass is 9.90. The van der Waals surface area contributed by atoms with Gasteiger partial charge in [0.25, 0.3) is 0 Å². The van der Waals surface area contributed by atoms with Crippen LogP contribution in [0.15, 0.2) is 48.5 Å². The number of aryl methyl sites for hydroxylation is 1. The van der Waals surface area contributed by atoms with Crippen molar-refractivity contribution in [2.24, 2.45) is 0 Å². The molecule has 0 radical (unpaired) electrons. The van der Waals surface area contributed by atoms with Crippen LogP contribution in [0.25, 0.3) is 0 Å². The maximum absolute atomic E-state index is 10.2. The lowest BCUT2D eigenvalue weighted by Crippen LogP contribution is -2.60. The van der Waals surface area contributed by atoms with Crippen molar-refractivity contribution in [3.05, 3.63) is 59.7 Å². The van der Waals surface area contributed by atoms with Gasteiger partial charge < -0.3 is 14.7 Å². The Balaban J connectivity index is 1.29. The number of anilines is 1. The van der Waals surface area contributed by atoms with Gasteiger partial charge >= 0.3 is 0 Å². The van der Waals surface area contributed by atoms with Crippen molar-refractivity contribution in [1.82, 2.24) is 4.90 Å². The maximum atomic E-state index is 10.2. The van der Waals surface area contributed by atoms with Crippen LogP contribution < -0.4 is 9.64 Å². The van der Waals surface area contributed by atoms with Gasteiger partial charge in [-0.2, -0.15) is 0 Å². The summed E-state index contributed by atoms with van der Waals surface area (Å²) in [7, 11) is 0. The first kappa shape index (κ1) is 17.4. The van der Waals surface area contributed by atoms with Crippen LogP contribution in [-0.4, -0.2) is 47.9 Å². The second kappa shape index (κ2) is 6.93. The van der Waals surface area contributed by atoms with E-state index in [2.05, 4.69) is 59.2 Å². The van der Waals surface area contributed by atoms with E-state index in [4.69, 9.17) is 4.74 Å². The van der Waals surface area contributed by atoms with E-state index in [1.165, 1.54) is 16.8 Å². The largest absolute Gasteiger partial charge is 0.487 e. The number of hydrogen-bond donors (Lipinski definition) is 1. The third kappa shape index (κ3) is 3.57. The van der Waals surface area contributed by atoms with E-state index >= 15 is 0 Å². The molecule has 2 heterocycles. The van der Waals surface area contributed by atoms with Gasteiger partial charge in [-0.05, 0) is 48.7 Å². The number of rotatable bonds is 6. The maximum Gasteiger partial charge on any atom is 0.133 e. The second-order valence-corrected chi connectivity index (χ2v) is 7.79. The Labute approximate surface area is 156 Å². The van der Waals surface area contributed by atoms with Gasteiger partial charge in [0, 0.05) is 25.3 Å². The van der Waals surface area contributed by atoms with Crippen LogP contribution in [0.2, 0.25) is 0 Å². The molecule has 0 spiro atoms. The summed E-state index contributed by atoms with van der Waals surface area (Å²) in [5.74, 6) is 0.956. The number of aliphatic hydroxyl groups is 1. The molecule has 4 heteroatoms. The minimum absolute atomic E-state index is 0.260. The van der Waals surface area contributed by atoms with Crippen molar-refractivity contribution < 1.29 is 9.84 Å². The third-order valence-corrected chi connectivity index (χ3v) is 5.67. The summed E-state index contributed by atoms with van der Waals surface area (Å²) in [4.78, 5) is 4.64. The summed E-state index contributed by atoms with van der Waals surface area (Å²) in [6.45, 7) is 8.53. The van der Waals surface area contributed by atoms with Crippen molar-refractivity contribution in [2.75, 3.05) is 31.1 Å². The Morgan fingerprint density at radius 2 is 1.85 bits per heavy atom. The summed E-state index contributed by atoms with van der Waals surface area (Å²) < 4.78 is 6.14. The van der Waals surface area contributed by atoms with Crippen LogP contribution in [-0.2, 0) is 6.54 Å². The lowest BCUT2D eigenvalue weighted by molar-refractivity contribution is -0.103. The number of benzene rings is 2. The summed E-state index contributed by atoms with van der Waals surface area (Å²) >= 11 is 0. The molecule has 138 valence electrons. The Morgan fingerprint density at radius 3 is 2.50 bits per heavy atom. The monoisotopic (exact) mass is 352 g/mol. The molecule has 26 heavy (non-hydrogen) atoms. The van der Waals surface area contributed by atoms with Crippen molar-refractivity contribution >= 4 is 5.69 Å². The smallest absolute Gasteiger partial charge is 0.133 e. The van der Waals surface area contributed by atoms with E-state index in [0.29, 0.717) is 0 Å². The van der Waals surface area contributed by atoms with Crippen LogP contribution in [0.4, 0.5) is 5.69 Å². The minimum Gasteiger partial charge on any atom is -0.487 e. The molecule has 2 aromatic rings. The third-order valence-electron chi connectivity index (χ3n) is 5.67. The van der Waals surface area contributed by atoms with Crippen LogP contribution in [0.1, 0.15) is 24.5 Å². The highest BCUT2D eigenvalue weighted by Crippen LogP contribution is 2.29. The lowest BCUT2D eigenvalue weighted by Gasteiger charge is -2.46. The Morgan fingerprint density at radius 1 is 1.12 bits per heavy atom. The first-order valence-corrected chi connectivity index (χ1v) is 9.55. The van der Waals surface area contributed by atoms with Crippen LogP contribution in [0, 0.1) is 6.92 Å². The number of likely N-dealkylation sites (tertiary alicyclic amines) is 1. The quantitative estimate of drug-likeness (QED) is 0.866. The van der Waals surface area contributed by atoms with Gasteiger partial charge in [-0.1, -0.05) is 31.2 Å². The fraction of sp³-hybridized carbons (Fsp3) is 0.455. The molecule has 4 rings (SSSR count). The summed E-state index contributed by atoms with van der Waals surface area (Å²) in [6.07, 6.45) is 1.09. The van der Waals surface area contributed by atoms with E-state index in [1.54, 1.807) is 0 Å².